The van der Waals surface area contributed by atoms with Gasteiger partial charge in [0.25, 0.3) is 0 Å². The first kappa shape index (κ1) is 15.9. The first-order chi connectivity index (χ1) is 12.0. The summed E-state index contributed by atoms with van der Waals surface area (Å²) in [5.74, 6) is 1.94. The lowest BCUT2D eigenvalue weighted by Gasteiger charge is -2.24. The van der Waals surface area contributed by atoms with E-state index < -0.39 is 0 Å². The number of furan rings is 1. The van der Waals surface area contributed by atoms with Gasteiger partial charge in [0.15, 0.2) is 0 Å². The van der Waals surface area contributed by atoms with Gasteiger partial charge in [-0.2, -0.15) is 0 Å². The summed E-state index contributed by atoms with van der Waals surface area (Å²) in [4.78, 5) is 12.5. The molecule has 0 bridgehead atoms. The maximum Gasteiger partial charge on any atom is 0.224 e. The minimum absolute atomic E-state index is 0.0279. The van der Waals surface area contributed by atoms with Crippen molar-refractivity contribution >= 4 is 16.9 Å². The summed E-state index contributed by atoms with van der Waals surface area (Å²) in [6.07, 6.45) is 3.78. The van der Waals surface area contributed by atoms with Crippen LogP contribution in [0.25, 0.3) is 11.0 Å². The lowest BCUT2D eigenvalue weighted by Crippen LogP contribution is -2.41. The van der Waals surface area contributed by atoms with Gasteiger partial charge in [-0.05, 0) is 50.5 Å². The van der Waals surface area contributed by atoms with E-state index in [2.05, 4.69) is 40.0 Å². The van der Waals surface area contributed by atoms with Crippen LogP contribution in [0.3, 0.4) is 0 Å². The van der Waals surface area contributed by atoms with Crippen LogP contribution in [-0.4, -0.2) is 26.7 Å². The first-order valence-electron chi connectivity index (χ1n) is 8.66. The predicted molar refractivity (Wildman–Crippen MR) is 94.4 cm³/mol. The molecule has 0 radical (unpaired) electrons. The summed E-state index contributed by atoms with van der Waals surface area (Å²) in [6.45, 7) is 6.83. The maximum atomic E-state index is 12.5. The van der Waals surface area contributed by atoms with Crippen molar-refractivity contribution in [3.63, 3.8) is 0 Å². The lowest BCUT2D eigenvalue weighted by molar-refractivity contribution is -0.121. The molecule has 1 unspecified atom stereocenters. The molecule has 1 aliphatic rings. The fourth-order valence-electron chi connectivity index (χ4n) is 3.50. The largest absolute Gasteiger partial charge is 0.464 e. The number of amides is 1. The van der Waals surface area contributed by atoms with Crippen LogP contribution in [0.1, 0.15) is 34.8 Å². The van der Waals surface area contributed by atoms with Crippen LogP contribution < -0.4 is 5.32 Å². The number of hydrogen-bond acceptors (Lipinski definition) is 4. The van der Waals surface area contributed by atoms with Gasteiger partial charge in [-0.25, -0.2) is 0 Å². The average Bonchev–Trinajstić information content (AvgIpc) is 3.13. The Kier molecular flexibility index (Phi) is 3.82. The molecule has 1 N–H and O–H groups in total. The second kappa shape index (κ2) is 6.02. The highest BCUT2D eigenvalue weighted by atomic mass is 16.3. The number of rotatable bonds is 3. The van der Waals surface area contributed by atoms with Gasteiger partial charge in [-0.1, -0.05) is 0 Å². The first-order valence-corrected chi connectivity index (χ1v) is 8.66. The minimum atomic E-state index is 0.0279. The molecule has 6 nitrogen and oxygen atoms in total. The Labute approximate surface area is 146 Å². The second-order valence-corrected chi connectivity index (χ2v) is 6.95. The Morgan fingerprint density at radius 2 is 2.08 bits per heavy atom. The summed E-state index contributed by atoms with van der Waals surface area (Å²) in [7, 11) is 0. The summed E-state index contributed by atoms with van der Waals surface area (Å²) in [5, 5.41) is 12.5. The highest BCUT2D eigenvalue weighted by molar-refractivity contribution is 5.88. The number of carbonyl (C=O) groups excluding carboxylic acids is 1. The van der Waals surface area contributed by atoms with E-state index in [0.717, 1.165) is 47.6 Å². The maximum absolute atomic E-state index is 12.5. The molecule has 1 aliphatic heterocycles. The fourth-order valence-corrected chi connectivity index (χ4v) is 3.50. The molecule has 0 spiro atoms. The zero-order valence-electron chi connectivity index (χ0n) is 14.8. The number of carbonyl (C=O) groups is 1. The number of hydrogen-bond donors (Lipinski definition) is 1. The molecule has 0 saturated carbocycles. The molecule has 0 fully saturated rings. The Morgan fingerprint density at radius 3 is 2.92 bits per heavy atom. The molecular weight excluding hydrogens is 316 g/mol. The number of aryl methyl sites for hydroxylation is 4. The highest BCUT2D eigenvalue weighted by Gasteiger charge is 2.23. The Hall–Kier alpha value is -2.63. The molecular formula is C19H22N4O2. The predicted octanol–water partition coefficient (Wildman–Crippen LogP) is 2.62. The third-order valence-electron chi connectivity index (χ3n) is 5.12. The number of benzene rings is 1. The Morgan fingerprint density at radius 1 is 1.28 bits per heavy atom. The van der Waals surface area contributed by atoms with E-state index in [-0.39, 0.29) is 11.9 Å². The van der Waals surface area contributed by atoms with Crippen molar-refractivity contribution in [2.75, 3.05) is 0 Å². The highest BCUT2D eigenvalue weighted by Crippen LogP contribution is 2.25. The van der Waals surface area contributed by atoms with Crippen LogP contribution in [0, 0.1) is 20.8 Å². The van der Waals surface area contributed by atoms with Gasteiger partial charge in [0.2, 0.25) is 5.91 Å². The monoisotopic (exact) mass is 338 g/mol. The van der Waals surface area contributed by atoms with Gasteiger partial charge >= 0.3 is 0 Å². The van der Waals surface area contributed by atoms with Crippen molar-refractivity contribution in [3.05, 3.63) is 46.7 Å². The summed E-state index contributed by atoms with van der Waals surface area (Å²) in [6, 6.07) is 4.25. The van der Waals surface area contributed by atoms with Crippen LogP contribution in [0.15, 0.2) is 22.8 Å². The van der Waals surface area contributed by atoms with E-state index in [4.69, 9.17) is 4.42 Å². The quantitative estimate of drug-likeness (QED) is 0.797. The number of nitrogens with zero attached hydrogens (tertiary/aromatic N) is 3. The van der Waals surface area contributed by atoms with E-state index in [1.54, 1.807) is 6.26 Å². The van der Waals surface area contributed by atoms with Crippen molar-refractivity contribution in [3.8, 4) is 0 Å². The summed E-state index contributed by atoms with van der Waals surface area (Å²) < 4.78 is 7.72. The van der Waals surface area contributed by atoms with Gasteiger partial charge in [0.05, 0.1) is 12.7 Å². The number of aromatic nitrogens is 3. The third kappa shape index (κ3) is 2.92. The Balaban J connectivity index is 1.46. The van der Waals surface area contributed by atoms with Gasteiger partial charge in [-0.3, -0.25) is 4.79 Å². The zero-order valence-corrected chi connectivity index (χ0v) is 14.8. The fraction of sp³-hybridized carbons (Fsp3) is 0.421. The topological polar surface area (TPSA) is 73.0 Å². The van der Waals surface area contributed by atoms with Gasteiger partial charge < -0.3 is 14.3 Å². The average molecular weight is 338 g/mol. The van der Waals surface area contributed by atoms with E-state index in [0.29, 0.717) is 6.42 Å². The van der Waals surface area contributed by atoms with E-state index in [9.17, 15) is 4.79 Å². The van der Waals surface area contributed by atoms with Gasteiger partial charge in [0.1, 0.15) is 17.2 Å². The molecule has 0 saturated heterocycles. The lowest BCUT2D eigenvalue weighted by atomic mass is 10.0. The molecule has 4 rings (SSSR count). The van der Waals surface area contributed by atoms with Crippen LogP contribution in [0.5, 0.6) is 0 Å². The smallest absolute Gasteiger partial charge is 0.224 e. The minimum Gasteiger partial charge on any atom is -0.464 e. The summed E-state index contributed by atoms with van der Waals surface area (Å²) in [5.41, 5.74) is 4.18. The van der Waals surface area contributed by atoms with Crippen molar-refractivity contribution in [2.24, 2.45) is 0 Å². The van der Waals surface area contributed by atoms with Crippen molar-refractivity contribution < 1.29 is 9.21 Å². The summed E-state index contributed by atoms with van der Waals surface area (Å²) >= 11 is 0. The molecule has 1 aromatic carbocycles. The van der Waals surface area contributed by atoms with E-state index >= 15 is 0 Å². The number of nitrogens with one attached hydrogen (secondary N) is 1. The number of fused-ring (bicyclic) bond motifs is 2. The molecule has 3 heterocycles. The normalized spacial score (nSPS) is 16.8. The molecule has 0 aliphatic carbocycles. The van der Waals surface area contributed by atoms with Crippen LogP contribution in [0.2, 0.25) is 0 Å². The zero-order chi connectivity index (χ0) is 17.6. The molecule has 1 amide bonds. The van der Waals surface area contributed by atoms with E-state index in [1.165, 1.54) is 11.1 Å². The molecule has 2 aromatic heterocycles. The van der Waals surface area contributed by atoms with Crippen molar-refractivity contribution in [1.82, 2.24) is 20.1 Å². The molecule has 1 atom stereocenters. The van der Waals surface area contributed by atoms with Crippen molar-refractivity contribution in [2.45, 2.75) is 52.6 Å². The molecule has 25 heavy (non-hydrogen) atoms. The molecule has 6 heteroatoms. The Bertz CT molecular complexity index is 954. The third-order valence-corrected chi connectivity index (χ3v) is 5.12. The van der Waals surface area contributed by atoms with Crippen LogP contribution in [-0.2, 0) is 24.2 Å². The SMILES string of the molecule is Cc1cc2occ(CC(=O)NC3CCc4nnc(C)n4C3)c2cc1C. The van der Waals surface area contributed by atoms with Gasteiger partial charge in [-0.15, -0.1) is 10.2 Å². The molecule has 3 aromatic rings. The van der Waals surface area contributed by atoms with Crippen LogP contribution in [0.4, 0.5) is 0 Å². The van der Waals surface area contributed by atoms with Crippen molar-refractivity contribution in [1.29, 1.82) is 0 Å². The molecule has 130 valence electrons. The standard InChI is InChI=1S/C19H22N4O2/c1-11-6-16-14(10-25-17(16)7-12(11)2)8-19(24)20-15-4-5-18-22-21-13(3)23(18)9-15/h6-7,10,15H,4-5,8-9H2,1-3H3,(H,20,24). The van der Waals surface area contributed by atoms with E-state index in [1.807, 2.05) is 13.0 Å². The van der Waals surface area contributed by atoms with Crippen LogP contribution >= 0.6 is 0 Å². The van der Waals surface area contributed by atoms with Gasteiger partial charge in [0, 0.05) is 30.0 Å². The second-order valence-electron chi connectivity index (χ2n) is 6.95.